The van der Waals surface area contributed by atoms with E-state index in [1.165, 1.54) is 5.57 Å². The maximum Gasteiger partial charge on any atom is 0.331 e. The Kier molecular flexibility index (Phi) is 6.17. The van der Waals surface area contributed by atoms with E-state index in [1.54, 1.807) is 11.0 Å². The highest BCUT2D eigenvalue weighted by Gasteiger charge is 2.52. The average molecular weight is 485 g/mol. The van der Waals surface area contributed by atoms with E-state index < -0.39 is 17.0 Å². The van der Waals surface area contributed by atoms with E-state index in [9.17, 15) is 14.7 Å². The lowest BCUT2D eigenvalue weighted by atomic mass is 9.64. The van der Waals surface area contributed by atoms with Gasteiger partial charge in [0.05, 0.1) is 11.1 Å². The summed E-state index contributed by atoms with van der Waals surface area (Å²) in [7, 11) is 0. The molecule has 0 saturated heterocycles. The Balaban J connectivity index is 1.73. The van der Waals surface area contributed by atoms with Crippen LogP contribution < -0.4 is 5.32 Å². The largest absolute Gasteiger partial charge is 0.478 e. The Bertz CT molecular complexity index is 1090. The molecule has 6 heteroatoms. The zero-order valence-corrected chi connectivity index (χ0v) is 21.9. The number of hydrogen-bond donors (Lipinski definition) is 2. The second-order valence-corrected chi connectivity index (χ2v) is 12.4. The highest BCUT2D eigenvalue weighted by atomic mass is 35.5. The molecule has 1 heterocycles. The van der Waals surface area contributed by atoms with Crippen molar-refractivity contribution in [1.29, 1.82) is 0 Å². The number of nitrogens with one attached hydrogen (secondary N) is 1. The van der Waals surface area contributed by atoms with Crippen LogP contribution in [0.2, 0.25) is 5.02 Å². The Morgan fingerprint density at radius 2 is 1.97 bits per heavy atom. The standard InChI is InChI=1S/C28H37ClN2O3/c1-17-9-12-28(21-8-7-19(23(29)13-21)10-11-26(3,4)5)22(18(17)2)16-31(25(34)30-28)27(6)14-20(15-27)24(32)33/h7-8,13-14,16-18H,9-12,15H2,1-6H3,(H,30,34)(H,32,33)/t17-,18+,27?,28?/m0/s1. The molecule has 2 unspecified atom stereocenters. The number of halogens is 1. The van der Waals surface area contributed by atoms with Crippen LogP contribution in [0.4, 0.5) is 4.79 Å². The van der Waals surface area contributed by atoms with Gasteiger partial charge in [0.25, 0.3) is 0 Å². The predicted molar refractivity (Wildman–Crippen MR) is 136 cm³/mol. The fraction of sp³-hybridized carbons (Fsp3) is 0.571. The van der Waals surface area contributed by atoms with Gasteiger partial charge in [-0.1, -0.05) is 58.4 Å². The molecule has 0 radical (unpaired) electrons. The van der Waals surface area contributed by atoms with Crippen molar-refractivity contribution in [2.45, 2.75) is 84.7 Å². The van der Waals surface area contributed by atoms with Gasteiger partial charge >= 0.3 is 12.0 Å². The number of carbonyl (C=O) groups is 2. The molecule has 2 N–H and O–H groups in total. The second-order valence-electron chi connectivity index (χ2n) is 12.0. The first kappa shape index (κ1) is 24.8. The molecule has 3 aliphatic rings. The van der Waals surface area contributed by atoms with Crippen LogP contribution in [-0.2, 0) is 16.8 Å². The summed E-state index contributed by atoms with van der Waals surface area (Å²) in [6.07, 6.45) is 7.81. The van der Waals surface area contributed by atoms with Crippen molar-refractivity contribution in [3.8, 4) is 0 Å². The molecule has 34 heavy (non-hydrogen) atoms. The van der Waals surface area contributed by atoms with Gasteiger partial charge in [-0.05, 0) is 78.7 Å². The first-order valence-electron chi connectivity index (χ1n) is 12.3. The van der Waals surface area contributed by atoms with Gasteiger partial charge in [-0.15, -0.1) is 0 Å². The van der Waals surface area contributed by atoms with E-state index in [1.807, 2.05) is 19.2 Å². The molecule has 0 spiro atoms. The van der Waals surface area contributed by atoms with Crippen molar-refractivity contribution in [1.82, 2.24) is 10.2 Å². The van der Waals surface area contributed by atoms with Crippen molar-refractivity contribution in [2.24, 2.45) is 17.3 Å². The van der Waals surface area contributed by atoms with Gasteiger partial charge in [-0.2, -0.15) is 0 Å². The molecular weight excluding hydrogens is 448 g/mol. The van der Waals surface area contributed by atoms with Crippen LogP contribution in [0.5, 0.6) is 0 Å². The molecule has 1 aromatic rings. The fourth-order valence-electron chi connectivity index (χ4n) is 5.65. The third-order valence-electron chi connectivity index (χ3n) is 8.17. The van der Waals surface area contributed by atoms with Crippen LogP contribution in [0.15, 0.2) is 41.6 Å². The number of amides is 2. The number of benzene rings is 1. The van der Waals surface area contributed by atoms with Crippen molar-refractivity contribution in [3.63, 3.8) is 0 Å². The lowest BCUT2D eigenvalue weighted by molar-refractivity contribution is -0.133. The number of fused-ring (bicyclic) bond motifs is 1. The summed E-state index contributed by atoms with van der Waals surface area (Å²) in [4.78, 5) is 26.5. The molecule has 1 aliphatic heterocycles. The molecule has 1 fully saturated rings. The first-order chi connectivity index (χ1) is 15.8. The van der Waals surface area contributed by atoms with E-state index in [-0.39, 0.29) is 17.4 Å². The van der Waals surface area contributed by atoms with Gasteiger partial charge < -0.3 is 10.4 Å². The maximum absolute atomic E-state index is 13.5. The summed E-state index contributed by atoms with van der Waals surface area (Å²) in [5.74, 6) is -0.169. The quantitative estimate of drug-likeness (QED) is 0.490. The van der Waals surface area contributed by atoms with E-state index in [2.05, 4.69) is 52.1 Å². The predicted octanol–water partition coefficient (Wildman–Crippen LogP) is 6.66. The van der Waals surface area contributed by atoms with E-state index in [0.717, 1.165) is 41.8 Å². The van der Waals surface area contributed by atoms with Gasteiger partial charge in [0, 0.05) is 23.2 Å². The average Bonchev–Trinajstić information content (AvgIpc) is 2.72. The molecule has 1 saturated carbocycles. The monoisotopic (exact) mass is 484 g/mol. The number of rotatable bonds is 5. The minimum atomic E-state index is -0.919. The summed E-state index contributed by atoms with van der Waals surface area (Å²) in [6.45, 7) is 13.1. The Morgan fingerprint density at radius 3 is 2.56 bits per heavy atom. The van der Waals surface area contributed by atoms with Crippen LogP contribution in [0.1, 0.15) is 78.4 Å². The van der Waals surface area contributed by atoms with Gasteiger partial charge in [0.1, 0.15) is 0 Å². The minimum Gasteiger partial charge on any atom is -0.478 e. The number of hydrogen-bond acceptors (Lipinski definition) is 2. The van der Waals surface area contributed by atoms with E-state index in [0.29, 0.717) is 17.9 Å². The molecule has 2 aliphatic carbocycles. The summed E-state index contributed by atoms with van der Waals surface area (Å²) in [5.41, 5.74) is 2.69. The summed E-state index contributed by atoms with van der Waals surface area (Å²) < 4.78 is 0. The normalized spacial score (nSPS) is 31.1. The van der Waals surface area contributed by atoms with Crippen LogP contribution in [0.3, 0.4) is 0 Å². The Morgan fingerprint density at radius 1 is 1.29 bits per heavy atom. The Labute approximate surface area is 208 Å². The van der Waals surface area contributed by atoms with Gasteiger partial charge in [-0.25, -0.2) is 9.59 Å². The molecule has 1 aromatic carbocycles. The lowest BCUT2D eigenvalue weighted by Gasteiger charge is -2.53. The van der Waals surface area contributed by atoms with Crippen LogP contribution >= 0.6 is 11.6 Å². The number of carboxylic acid groups (broad SMARTS) is 1. The summed E-state index contributed by atoms with van der Waals surface area (Å²) in [5, 5.41) is 13.4. The topological polar surface area (TPSA) is 69.6 Å². The highest BCUT2D eigenvalue weighted by molar-refractivity contribution is 6.31. The second kappa shape index (κ2) is 8.44. The number of urea groups is 1. The van der Waals surface area contributed by atoms with E-state index >= 15 is 0 Å². The summed E-state index contributed by atoms with van der Waals surface area (Å²) in [6, 6.07) is 6.09. The van der Waals surface area contributed by atoms with Crippen LogP contribution in [0, 0.1) is 17.3 Å². The zero-order chi connectivity index (χ0) is 25.1. The molecule has 4 atom stereocenters. The van der Waals surface area contributed by atoms with Gasteiger partial charge in [-0.3, -0.25) is 4.90 Å². The molecular formula is C28H37ClN2O3. The van der Waals surface area contributed by atoms with Crippen molar-refractivity contribution >= 4 is 23.6 Å². The van der Waals surface area contributed by atoms with Gasteiger partial charge in [0.2, 0.25) is 0 Å². The number of carbonyl (C=O) groups excluding carboxylic acids is 1. The first-order valence-corrected chi connectivity index (χ1v) is 12.7. The third kappa shape index (κ3) is 4.28. The highest BCUT2D eigenvalue weighted by Crippen LogP contribution is 2.51. The van der Waals surface area contributed by atoms with Crippen molar-refractivity contribution in [2.75, 3.05) is 0 Å². The fourth-order valence-corrected chi connectivity index (χ4v) is 5.92. The van der Waals surface area contributed by atoms with Crippen LogP contribution in [-0.4, -0.2) is 27.5 Å². The third-order valence-corrected chi connectivity index (χ3v) is 8.52. The molecule has 4 rings (SSSR count). The molecule has 2 amide bonds. The SMILES string of the molecule is C[C@H]1CCC2(c3ccc(CCC(C)(C)C)c(Cl)c3)NC(=O)N(C3(C)C=C(C(=O)O)C3)C=C2[C@@H]1C. The number of carboxylic acids is 1. The van der Waals surface area contributed by atoms with Gasteiger partial charge in [0.15, 0.2) is 0 Å². The summed E-state index contributed by atoms with van der Waals surface area (Å²) >= 11 is 6.78. The number of aryl methyl sites for hydroxylation is 1. The molecule has 0 aromatic heterocycles. The molecule has 184 valence electrons. The maximum atomic E-state index is 13.5. The molecule has 5 nitrogen and oxygen atoms in total. The molecule has 0 bridgehead atoms. The minimum absolute atomic E-state index is 0.193. The Hall–Kier alpha value is -2.27. The van der Waals surface area contributed by atoms with Crippen LogP contribution in [0.25, 0.3) is 0 Å². The van der Waals surface area contributed by atoms with Crippen molar-refractivity contribution < 1.29 is 14.7 Å². The zero-order valence-electron chi connectivity index (χ0n) is 21.2. The number of nitrogens with zero attached hydrogens (tertiary/aromatic N) is 1. The smallest absolute Gasteiger partial charge is 0.331 e. The number of aliphatic carboxylic acids is 1. The van der Waals surface area contributed by atoms with Crippen molar-refractivity contribution in [3.05, 3.63) is 57.8 Å². The lowest BCUT2D eigenvalue weighted by Crippen LogP contribution is -2.63. The van der Waals surface area contributed by atoms with E-state index in [4.69, 9.17) is 11.6 Å².